The van der Waals surface area contributed by atoms with E-state index >= 15 is 0 Å². The van der Waals surface area contributed by atoms with Crippen molar-refractivity contribution in [2.75, 3.05) is 0 Å². The van der Waals surface area contributed by atoms with Crippen LogP contribution in [0.5, 0.6) is 5.75 Å². The number of hydrogen-bond acceptors (Lipinski definition) is 2. The molecule has 0 saturated carbocycles. The van der Waals surface area contributed by atoms with E-state index in [2.05, 4.69) is 0 Å². The third-order valence-corrected chi connectivity index (χ3v) is 2.62. The lowest BCUT2D eigenvalue weighted by Gasteiger charge is -2.26. The summed E-state index contributed by atoms with van der Waals surface area (Å²) < 4.78 is 62.6. The van der Waals surface area contributed by atoms with Crippen LogP contribution in [0.25, 0.3) is 0 Å². The summed E-state index contributed by atoms with van der Waals surface area (Å²) in [4.78, 5) is 0. The van der Waals surface area contributed by atoms with E-state index in [0.717, 1.165) is 6.07 Å². The fourth-order valence-corrected chi connectivity index (χ4v) is 1.65. The van der Waals surface area contributed by atoms with Crippen molar-refractivity contribution in [2.24, 2.45) is 5.73 Å². The molecule has 0 unspecified atom stereocenters. The fourth-order valence-electron chi connectivity index (χ4n) is 1.37. The summed E-state index contributed by atoms with van der Waals surface area (Å²) in [6.07, 6.45) is -5.81. The van der Waals surface area contributed by atoms with E-state index in [0.29, 0.717) is 0 Å². The molecule has 1 rings (SSSR count). The highest BCUT2D eigenvalue weighted by Gasteiger charge is 2.62. The van der Waals surface area contributed by atoms with Gasteiger partial charge in [-0.1, -0.05) is 11.6 Å². The SMILES string of the molecule is Cc1cc(Cl)cc([C@H](N)C(F)(F)C(F)(F)F)c1O. The first-order valence-electron chi connectivity index (χ1n) is 4.67. The number of nitrogens with two attached hydrogens (primary N) is 1. The van der Waals surface area contributed by atoms with Gasteiger partial charge in [-0.25, -0.2) is 0 Å². The van der Waals surface area contributed by atoms with Gasteiger partial charge in [0.2, 0.25) is 0 Å². The molecule has 0 spiro atoms. The van der Waals surface area contributed by atoms with Crippen molar-refractivity contribution in [3.05, 3.63) is 28.3 Å². The topological polar surface area (TPSA) is 46.2 Å². The molecule has 0 radical (unpaired) electrons. The number of aryl methyl sites for hydroxylation is 1. The number of phenols is 1. The summed E-state index contributed by atoms with van der Waals surface area (Å²) in [6, 6.07) is -0.720. The van der Waals surface area contributed by atoms with Gasteiger partial charge in [0.15, 0.2) is 0 Å². The van der Waals surface area contributed by atoms with Crippen molar-refractivity contribution in [1.82, 2.24) is 0 Å². The lowest BCUT2D eigenvalue weighted by molar-refractivity contribution is -0.291. The summed E-state index contributed by atoms with van der Waals surface area (Å²) in [5.41, 5.74) is 4.22. The van der Waals surface area contributed by atoms with Crippen LogP contribution in [0.1, 0.15) is 17.2 Å². The third kappa shape index (κ3) is 2.51. The Balaban J connectivity index is 3.31. The predicted molar refractivity (Wildman–Crippen MR) is 55.8 cm³/mol. The first-order valence-corrected chi connectivity index (χ1v) is 5.05. The van der Waals surface area contributed by atoms with Crippen LogP contribution < -0.4 is 5.73 Å². The van der Waals surface area contributed by atoms with Crippen LogP contribution in [0.3, 0.4) is 0 Å². The summed E-state index contributed by atoms with van der Waals surface area (Å²) in [6.45, 7) is 1.31. The molecule has 0 heterocycles. The number of aromatic hydroxyl groups is 1. The first-order chi connectivity index (χ1) is 7.98. The van der Waals surface area contributed by atoms with Crippen molar-refractivity contribution in [1.29, 1.82) is 0 Å². The first kappa shape index (κ1) is 15.0. The van der Waals surface area contributed by atoms with Gasteiger partial charge in [-0.05, 0) is 24.6 Å². The molecule has 0 aliphatic heterocycles. The fraction of sp³-hybridized carbons (Fsp3) is 0.400. The average Bonchev–Trinajstić information content (AvgIpc) is 2.20. The second-order valence-electron chi connectivity index (χ2n) is 3.76. The number of benzene rings is 1. The largest absolute Gasteiger partial charge is 0.507 e. The summed E-state index contributed by atoms with van der Waals surface area (Å²) in [7, 11) is 0. The molecule has 1 atom stereocenters. The molecule has 0 aromatic heterocycles. The Morgan fingerprint density at radius 2 is 1.72 bits per heavy atom. The number of phenolic OH excluding ortho intramolecular Hbond substituents is 1. The second-order valence-corrected chi connectivity index (χ2v) is 4.20. The second kappa shape index (κ2) is 4.55. The van der Waals surface area contributed by atoms with E-state index in [1.54, 1.807) is 0 Å². The van der Waals surface area contributed by atoms with E-state index in [9.17, 15) is 27.1 Å². The Labute approximate surface area is 104 Å². The minimum atomic E-state index is -5.81. The zero-order valence-corrected chi connectivity index (χ0v) is 9.78. The van der Waals surface area contributed by atoms with Gasteiger partial charge in [-0.15, -0.1) is 0 Å². The standard InChI is InChI=1S/C10H9ClF5NO/c1-4-2-5(11)3-6(7(4)18)8(17)9(12,13)10(14,15)16/h2-3,8,18H,17H2,1H3/t8-/m0/s1. The molecule has 8 heteroatoms. The van der Waals surface area contributed by atoms with Crippen LogP contribution in [-0.4, -0.2) is 17.2 Å². The quantitative estimate of drug-likeness (QED) is 0.818. The number of halogens is 6. The van der Waals surface area contributed by atoms with Crippen molar-refractivity contribution >= 4 is 11.6 Å². The van der Waals surface area contributed by atoms with Gasteiger partial charge in [-0.2, -0.15) is 22.0 Å². The maximum atomic E-state index is 13.0. The Bertz CT molecular complexity index is 460. The minimum absolute atomic E-state index is 0.0610. The summed E-state index contributed by atoms with van der Waals surface area (Å²) in [5, 5.41) is 9.39. The van der Waals surface area contributed by atoms with E-state index in [1.807, 2.05) is 0 Å². The van der Waals surface area contributed by atoms with E-state index < -0.39 is 29.5 Å². The monoisotopic (exact) mass is 289 g/mol. The van der Waals surface area contributed by atoms with Crippen LogP contribution in [0.4, 0.5) is 22.0 Å². The Kier molecular flexibility index (Phi) is 3.78. The molecular formula is C10H9ClF5NO. The molecule has 0 saturated heterocycles. The molecule has 0 bridgehead atoms. The zero-order chi connectivity index (χ0) is 14.3. The smallest absolute Gasteiger partial charge is 0.455 e. The molecule has 0 aliphatic carbocycles. The van der Waals surface area contributed by atoms with Gasteiger partial charge in [-0.3, -0.25) is 0 Å². The lowest BCUT2D eigenvalue weighted by atomic mass is 9.98. The highest BCUT2D eigenvalue weighted by Crippen LogP contribution is 2.46. The summed E-state index contributed by atoms with van der Waals surface area (Å²) >= 11 is 5.54. The van der Waals surface area contributed by atoms with Gasteiger partial charge in [0, 0.05) is 10.6 Å². The van der Waals surface area contributed by atoms with Crippen LogP contribution >= 0.6 is 11.6 Å². The molecule has 102 valence electrons. The molecule has 0 amide bonds. The summed E-state index contributed by atoms with van der Waals surface area (Å²) in [5.74, 6) is -5.89. The lowest BCUT2D eigenvalue weighted by Crippen LogP contribution is -2.45. The van der Waals surface area contributed by atoms with E-state index in [4.69, 9.17) is 17.3 Å². The average molecular weight is 290 g/mol. The molecule has 1 aromatic rings. The third-order valence-electron chi connectivity index (χ3n) is 2.40. The Hall–Kier alpha value is -1.08. The number of rotatable bonds is 2. The van der Waals surface area contributed by atoms with Crippen LogP contribution in [0.15, 0.2) is 12.1 Å². The molecule has 1 aromatic carbocycles. The molecule has 18 heavy (non-hydrogen) atoms. The number of hydrogen-bond donors (Lipinski definition) is 2. The molecule has 0 aliphatic rings. The van der Waals surface area contributed by atoms with Crippen molar-refractivity contribution in [3.8, 4) is 5.75 Å². The normalized spacial score (nSPS) is 14.7. The van der Waals surface area contributed by atoms with E-state index in [1.165, 1.54) is 13.0 Å². The van der Waals surface area contributed by atoms with Gasteiger partial charge in [0.25, 0.3) is 0 Å². The maximum Gasteiger partial charge on any atom is 0.455 e. The van der Waals surface area contributed by atoms with Gasteiger partial charge < -0.3 is 10.8 Å². The Morgan fingerprint density at radius 1 is 1.22 bits per heavy atom. The molecule has 0 fully saturated rings. The van der Waals surface area contributed by atoms with Crippen LogP contribution in [0, 0.1) is 6.92 Å². The van der Waals surface area contributed by atoms with Gasteiger partial charge >= 0.3 is 12.1 Å². The minimum Gasteiger partial charge on any atom is -0.507 e. The zero-order valence-electron chi connectivity index (χ0n) is 9.02. The highest BCUT2D eigenvalue weighted by atomic mass is 35.5. The predicted octanol–water partition coefficient (Wildman–Crippen LogP) is 3.55. The number of alkyl halides is 5. The van der Waals surface area contributed by atoms with Crippen LogP contribution in [0.2, 0.25) is 5.02 Å². The van der Waals surface area contributed by atoms with E-state index in [-0.39, 0.29) is 10.6 Å². The van der Waals surface area contributed by atoms with Gasteiger partial charge in [0.05, 0.1) is 0 Å². The van der Waals surface area contributed by atoms with Crippen molar-refractivity contribution in [2.45, 2.75) is 25.1 Å². The molecule has 2 nitrogen and oxygen atoms in total. The molecular weight excluding hydrogens is 281 g/mol. The van der Waals surface area contributed by atoms with Crippen LogP contribution in [-0.2, 0) is 0 Å². The maximum absolute atomic E-state index is 13.0. The van der Waals surface area contributed by atoms with Crippen molar-refractivity contribution < 1.29 is 27.1 Å². The molecule has 3 N–H and O–H groups in total. The van der Waals surface area contributed by atoms with Gasteiger partial charge in [0.1, 0.15) is 11.8 Å². The van der Waals surface area contributed by atoms with Crippen molar-refractivity contribution in [3.63, 3.8) is 0 Å². The highest BCUT2D eigenvalue weighted by molar-refractivity contribution is 6.30. The Morgan fingerprint density at radius 3 is 2.17 bits per heavy atom.